The first-order chi connectivity index (χ1) is 12.7. The van der Waals surface area contributed by atoms with Gasteiger partial charge < -0.3 is 15.0 Å². The minimum Gasteiger partial charge on any atom is -0.444 e. The highest BCUT2D eigenvalue weighted by Gasteiger charge is 2.45. The van der Waals surface area contributed by atoms with Crippen LogP contribution in [0.4, 0.5) is 4.79 Å². The number of carbonyl (C=O) groups is 1. The zero-order valence-corrected chi connectivity index (χ0v) is 17.4. The Balaban J connectivity index is 1.44. The Morgan fingerprint density at radius 2 is 1.96 bits per heavy atom. The Kier molecular flexibility index (Phi) is 5.66. The molecule has 2 unspecified atom stereocenters. The lowest BCUT2D eigenvalue weighted by Crippen LogP contribution is -2.61. The largest absolute Gasteiger partial charge is 0.444 e. The van der Waals surface area contributed by atoms with E-state index in [0.29, 0.717) is 12.0 Å². The van der Waals surface area contributed by atoms with Gasteiger partial charge in [0.2, 0.25) is 0 Å². The summed E-state index contributed by atoms with van der Waals surface area (Å²) in [4.78, 5) is 13.9. The topological polar surface area (TPSA) is 41.6 Å². The number of nitrogens with zero attached hydrogens (tertiary/aromatic N) is 1. The van der Waals surface area contributed by atoms with Crippen molar-refractivity contribution in [2.45, 2.75) is 59.1 Å². The van der Waals surface area contributed by atoms with Crippen molar-refractivity contribution in [1.82, 2.24) is 10.2 Å². The summed E-state index contributed by atoms with van der Waals surface area (Å²) in [5.74, 6) is 0.654. The predicted octanol–water partition coefficient (Wildman–Crippen LogP) is 4.72. The van der Waals surface area contributed by atoms with Crippen molar-refractivity contribution in [1.29, 1.82) is 0 Å². The molecule has 0 spiro atoms. The molecule has 27 heavy (non-hydrogen) atoms. The first kappa shape index (κ1) is 19.9. The smallest absolute Gasteiger partial charge is 0.410 e. The van der Waals surface area contributed by atoms with Crippen LogP contribution in [0.3, 0.4) is 0 Å². The highest BCUT2D eigenvalue weighted by Crippen LogP contribution is 2.41. The van der Waals surface area contributed by atoms with Crippen molar-refractivity contribution in [3.8, 4) is 0 Å². The normalized spacial score (nSPS) is 24.3. The van der Waals surface area contributed by atoms with E-state index in [1.54, 1.807) is 0 Å². The summed E-state index contributed by atoms with van der Waals surface area (Å²) in [5, 5.41) is 3.74. The monoisotopic (exact) mass is 370 g/mol. The molecular formula is C23H34N2O2. The molecule has 1 amide bonds. The van der Waals surface area contributed by atoms with E-state index in [-0.39, 0.29) is 11.5 Å². The van der Waals surface area contributed by atoms with Crippen LogP contribution in [0.15, 0.2) is 35.9 Å². The fraction of sp³-hybridized carbons (Fsp3) is 0.609. The molecular weight excluding hydrogens is 336 g/mol. The molecule has 1 aliphatic carbocycles. The SMILES string of the molecule is CC/C(=C\c1ccccc1)C1CC1NCC1(C)CN(C(=O)OC(C)(C)C)C1. The molecule has 0 aromatic heterocycles. The standard InChI is InChI=1S/C23H34N2O2/c1-6-18(12-17-10-8-7-9-11-17)19-13-20(19)24-14-23(5)15-25(16-23)21(26)27-22(2,3)4/h7-12,19-20,24H,6,13-16H2,1-5H3/b18-12+. The van der Waals surface area contributed by atoms with Gasteiger partial charge in [-0.25, -0.2) is 4.79 Å². The molecule has 4 nitrogen and oxygen atoms in total. The summed E-state index contributed by atoms with van der Waals surface area (Å²) < 4.78 is 5.45. The fourth-order valence-corrected chi connectivity index (χ4v) is 3.89. The first-order valence-electron chi connectivity index (χ1n) is 10.2. The third kappa shape index (κ3) is 5.35. The van der Waals surface area contributed by atoms with Crippen LogP contribution in [0.25, 0.3) is 6.08 Å². The number of carbonyl (C=O) groups excluding carboxylic acids is 1. The second kappa shape index (κ2) is 7.67. The number of hydrogen-bond donors (Lipinski definition) is 1. The average Bonchev–Trinajstić information content (AvgIpc) is 3.34. The van der Waals surface area contributed by atoms with Crippen molar-refractivity contribution < 1.29 is 9.53 Å². The van der Waals surface area contributed by atoms with E-state index in [2.05, 4.69) is 55.6 Å². The number of amides is 1. The molecule has 1 aromatic rings. The van der Waals surface area contributed by atoms with E-state index < -0.39 is 5.60 Å². The lowest BCUT2D eigenvalue weighted by Gasteiger charge is -2.48. The van der Waals surface area contributed by atoms with Crippen molar-refractivity contribution in [2.24, 2.45) is 11.3 Å². The van der Waals surface area contributed by atoms with Crippen LogP contribution in [0.5, 0.6) is 0 Å². The molecule has 2 fully saturated rings. The molecule has 1 saturated heterocycles. The van der Waals surface area contributed by atoms with Crippen LogP contribution in [0.2, 0.25) is 0 Å². The molecule has 0 radical (unpaired) electrons. The summed E-state index contributed by atoms with van der Waals surface area (Å²) in [7, 11) is 0. The maximum Gasteiger partial charge on any atom is 0.410 e. The summed E-state index contributed by atoms with van der Waals surface area (Å²) in [6, 6.07) is 11.2. The summed E-state index contributed by atoms with van der Waals surface area (Å²) in [6.45, 7) is 12.7. The highest BCUT2D eigenvalue weighted by atomic mass is 16.6. The number of benzene rings is 1. The Labute approximate surface area is 164 Å². The van der Waals surface area contributed by atoms with E-state index in [0.717, 1.165) is 26.1 Å². The lowest BCUT2D eigenvalue weighted by molar-refractivity contribution is -0.0273. The highest BCUT2D eigenvalue weighted by molar-refractivity contribution is 5.69. The van der Waals surface area contributed by atoms with E-state index in [9.17, 15) is 4.79 Å². The van der Waals surface area contributed by atoms with Gasteiger partial charge in [0, 0.05) is 31.1 Å². The maximum absolute atomic E-state index is 12.1. The van der Waals surface area contributed by atoms with E-state index in [4.69, 9.17) is 4.74 Å². The van der Waals surface area contributed by atoms with Crippen molar-refractivity contribution in [3.05, 3.63) is 41.5 Å². The van der Waals surface area contributed by atoms with Gasteiger partial charge in [0.15, 0.2) is 0 Å². The number of hydrogen-bond acceptors (Lipinski definition) is 3. The van der Waals surface area contributed by atoms with Gasteiger partial charge in [-0.2, -0.15) is 0 Å². The molecule has 1 aliphatic heterocycles. The van der Waals surface area contributed by atoms with Gasteiger partial charge in [-0.15, -0.1) is 0 Å². The third-order valence-corrected chi connectivity index (χ3v) is 5.41. The number of rotatable bonds is 6. The van der Waals surface area contributed by atoms with E-state index in [1.165, 1.54) is 17.6 Å². The van der Waals surface area contributed by atoms with Gasteiger partial charge in [0.05, 0.1) is 0 Å². The van der Waals surface area contributed by atoms with Gasteiger partial charge in [0.25, 0.3) is 0 Å². The molecule has 0 bridgehead atoms. The molecule has 4 heteroatoms. The fourth-order valence-electron chi connectivity index (χ4n) is 3.89. The van der Waals surface area contributed by atoms with Gasteiger partial charge >= 0.3 is 6.09 Å². The Bertz CT molecular complexity index is 684. The molecule has 1 N–H and O–H groups in total. The van der Waals surface area contributed by atoms with Crippen LogP contribution < -0.4 is 5.32 Å². The zero-order valence-electron chi connectivity index (χ0n) is 17.4. The van der Waals surface area contributed by atoms with Crippen LogP contribution in [-0.4, -0.2) is 42.3 Å². The Hall–Kier alpha value is -1.81. The van der Waals surface area contributed by atoms with E-state index in [1.807, 2.05) is 25.7 Å². The van der Waals surface area contributed by atoms with Gasteiger partial charge in [-0.05, 0) is 45.1 Å². The quantitative estimate of drug-likeness (QED) is 0.788. The summed E-state index contributed by atoms with van der Waals surface area (Å²) >= 11 is 0. The number of ether oxygens (including phenoxy) is 1. The molecule has 148 valence electrons. The zero-order chi connectivity index (χ0) is 19.7. The minimum absolute atomic E-state index is 0.152. The minimum atomic E-state index is -0.426. The van der Waals surface area contributed by atoms with Gasteiger partial charge in [0.1, 0.15) is 5.60 Å². The summed E-state index contributed by atoms with van der Waals surface area (Å²) in [6.07, 6.45) is 4.48. The lowest BCUT2D eigenvalue weighted by atomic mass is 9.82. The van der Waals surface area contributed by atoms with Crippen molar-refractivity contribution in [2.75, 3.05) is 19.6 Å². The molecule has 3 rings (SSSR count). The third-order valence-electron chi connectivity index (χ3n) is 5.41. The van der Waals surface area contributed by atoms with Crippen LogP contribution in [0.1, 0.15) is 53.0 Å². The van der Waals surface area contributed by atoms with Crippen LogP contribution >= 0.6 is 0 Å². The van der Waals surface area contributed by atoms with Gasteiger partial charge in [-0.1, -0.05) is 55.8 Å². The second-order valence-corrected chi connectivity index (χ2v) is 9.46. The second-order valence-electron chi connectivity index (χ2n) is 9.46. The summed E-state index contributed by atoms with van der Waals surface area (Å²) in [5.41, 5.74) is 2.55. The molecule has 2 aliphatic rings. The maximum atomic E-state index is 12.1. The molecule has 1 saturated carbocycles. The van der Waals surface area contributed by atoms with Crippen LogP contribution in [-0.2, 0) is 4.74 Å². The average molecular weight is 371 g/mol. The van der Waals surface area contributed by atoms with Crippen molar-refractivity contribution in [3.63, 3.8) is 0 Å². The van der Waals surface area contributed by atoms with Crippen LogP contribution in [0, 0.1) is 11.3 Å². The number of nitrogens with one attached hydrogen (secondary N) is 1. The predicted molar refractivity (Wildman–Crippen MR) is 111 cm³/mol. The molecule has 2 atom stereocenters. The first-order valence-corrected chi connectivity index (χ1v) is 10.2. The Morgan fingerprint density at radius 3 is 2.56 bits per heavy atom. The van der Waals surface area contributed by atoms with Gasteiger partial charge in [-0.3, -0.25) is 0 Å². The van der Waals surface area contributed by atoms with Crippen molar-refractivity contribution >= 4 is 12.2 Å². The molecule has 1 aromatic carbocycles. The molecule has 1 heterocycles. The van der Waals surface area contributed by atoms with E-state index >= 15 is 0 Å². The Morgan fingerprint density at radius 1 is 1.30 bits per heavy atom. The number of likely N-dealkylation sites (tertiary alicyclic amines) is 1.